The van der Waals surface area contributed by atoms with Gasteiger partial charge in [0.05, 0.1) is 18.8 Å². The van der Waals surface area contributed by atoms with Gasteiger partial charge in [0.2, 0.25) is 5.91 Å². The zero-order valence-corrected chi connectivity index (χ0v) is 17.6. The summed E-state index contributed by atoms with van der Waals surface area (Å²) in [5, 5.41) is 6.99. The third-order valence-electron chi connectivity index (χ3n) is 6.50. The number of rotatable bonds is 3. The molecule has 158 valence electrons. The molecule has 7 nitrogen and oxygen atoms in total. The molecule has 5 rings (SSSR count). The maximum Gasteiger partial charge on any atom is 0.259 e. The Morgan fingerprint density at radius 2 is 2.03 bits per heavy atom. The molecule has 2 aliphatic rings. The van der Waals surface area contributed by atoms with E-state index in [1.807, 2.05) is 48.5 Å². The normalized spacial score (nSPS) is 22.0. The molecule has 0 bridgehead atoms. The Kier molecular flexibility index (Phi) is 4.36. The Balaban J connectivity index is 1.70. The molecule has 1 N–H and O–H groups in total. The molecule has 7 heteroatoms. The highest BCUT2D eigenvalue weighted by atomic mass is 16.5. The molecule has 3 heterocycles. The highest BCUT2D eigenvalue weighted by Crippen LogP contribution is 2.55. The average molecular weight is 417 g/mol. The van der Waals surface area contributed by atoms with E-state index in [4.69, 9.17) is 9.26 Å². The maximum atomic E-state index is 13.7. The van der Waals surface area contributed by atoms with Gasteiger partial charge in [0.1, 0.15) is 22.5 Å². The quantitative estimate of drug-likeness (QED) is 0.701. The van der Waals surface area contributed by atoms with Gasteiger partial charge in [0.25, 0.3) is 5.91 Å². The molecule has 1 saturated heterocycles. The van der Waals surface area contributed by atoms with E-state index in [-0.39, 0.29) is 11.8 Å². The molecule has 0 radical (unpaired) electrons. The molecule has 2 aliphatic heterocycles. The molecule has 31 heavy (non-hydrogen) atoms. The first-order valence-corrected chi connectivity index (χ1v) is 10.3. The van der Waals surface area contributed by atoms with Gasteiger partial charge in [0, 0.05) is 12.2 Å². The van der Waals surface area contributed by atoms with Gasteiger partial charge in [-0.25, -0.2) is 0 Å². The van der Waals surface area contributed by atoms with Crippen LogP contribution in [0.5, 0.6) is 5.75 Å². The van der Waals surface area contributed by atoms with Crippen LogP contribution in [-0.4, -0.2) is 35.5 Å². The molecule has 0 saturated carbocycles. The number of aromatic nitrogens is 1. The van der Waals surface area contributed by atoms with Crippen LogP contribution in [-0.2, 0) is 10.2 Å². The van der Waals surface area contributed by atoms with Crippen molar-refractivity contribution < 1.29 is 18.8 Å². The number of carbonyl (C=O) groups is 2. The van der Waals surface area contributed by atoms with E-state index in [0.717, 1.165) is 16.8 Å². The number of hydrogen-bond donors (Lipinski definition) is 1. The smallest absolute Gasteiger partial charge is 0.259 e. The highest BCUT2D eigenvalue weighted by Gasteiger charge is 2.59. The zero-order chi connectivity index (χ0) is 21.8. The topological polar surface area (TPSA) is 84.7 Å². The molecule has 2 atom stereocenters. The minimum Gasteiger partial charge on any atom is -0.497 e. The number of anilines is 1. The number of para-hydroxylation sites is 1. The molecule has 3 aromatic rings. The molecule has 2 aromatic carbocycles. The number of benzene rings is 2. The second kappa shape index (κ2) is 6.97. The molecule has 0 aliphatic carbocycles. The number of ether oxygens (including phenoxy) is 1. The number of nitrogens with one attached hydrogen (secondary N) is 1. The lowest BCUT2D eigenvalue weighted by Gasteiger charge is -2.34. The van der Waals surface area contributed by atoms with Crippen LogP contribution in [0.2, 0.25) is 0 Å². The van der Waals surface area contributed by atoms with Crippen molar-refractivity contribution in [3.05, 3.63) is 76.7 Å². The second-order valence-corrected chi connectivity index (χ2v) is 8.10. The number of methoxy groups -OCH3 is 1. The van der Waals surface area contributed by atoms with Crippen LogP contribution in [0.15, 0.2) is 53.1 Å². The fraction of sp³-hybridized carbons (Fsp3) is 0.292. The van der Waals surface area contributed by atoms with E-state index < -0.39 is 11.5 Å². The summed E-state index contributed by atoms with van der Waals surface area (Å²) in [4.78, 5) is 29.0. The van der Waals surface area contributed by atoms with Gasteiger partial charge in [-0.15, -0.1) is 0 Å². The summed E-state index contributed by atoms with van der Waals surface area (Å²) in [5.74, 6) is 0.883. The number of carbonyl (C=O) groups excluding carboxylic acids is 2. The summed E-state index contributed by atoms with van der Waals surface area (Å²) in [6.07, 6.45) is 0.521. The van der Waals surface area contributed by atoms with E-state index >= 15 is 0 Å². The highest BCUT2D eigenvalue weighted by molar-refractivity contribution is 6.08. The largest absolute Gasteiger partial charge is 0.497 e. The number of aryl methyl sites for hydroxylation is 2. The summed E-state index contributed by atoms with van der Waals surface area (Å²) in [7, 11) is 1.61. The molecule has 2 amide bonds. The fourth-order valence-electron chi connectivity index (χ4n) is 5.11. The standard InChI is InChI=1S/C24H23N3O4/c1-14-20(15(2)31-26-14)22(28)27-12-11-24(18-9-4-5-10-19(18)25-23(24)29)21(27)16-7-6-8-17(13-16)30-3/h4-10,13,21H,11-12H2,1-3H3,(H,25,29)/t21-,24+/m0/s1. The third-order valence-corrected chi connectivity index (χ3v) is 6.50. The van der Waals surface area contributed by atoms with Crippen LogP contribution in [0.1, 0.15) is 45.4 Å². The molecule has 0 unspecified atom stereocenters. The Bertz CT molecular complexity index is 1180. The monoisotopic (exact) mass is 417 g/mol. The van der Waals surface area contributed by atoms with Crippen LogP contribution >= 0.6 is 0 Å². The van der Waals surface area contributed by atoms with Crippen LogP contribution in [0.3, 0.4) is 0 Å². The van der Waals surface area contributed by atoms with Crippen molar-refractivity contribution in [3.8, 4) is 5.75 Å². The van der Waals surface area contributed by atoms with Gasteiger partial charge in [-0.1, -0.05) is 35.5 Å². The Hall–Kier alpha value is -3.61. The van der Waals surface area contributed by atoms with Crippen molar-refractivity contribution in [1.29, 1.82) is 0 Å². The van der Waals surface area contributed by atoms with Gasteiger partial charge in [0.15, 0.2) is 0 Å². The first-order valence-electron chi connectivity index (χ1n) is 10.3. The van der Waals surface area contributed by atoms with Gasteiger partial charge in [-0.3, -0.25) is 9.59 Å². The Morgan fingerprint density at radius 1 is 1.23 bits per heavy atom. The zero-order valence-electron chi connectivity index (χ0n) is 17.6. The Labute approximate surface area is 180 Å². The molecular formula is C24H23N3O4. The lowest BCUT2D eigenvalue weighted by molar-refractivity contribution is -0.121. The lowest BCUT2D eigenvalue weighted by atomic mass is 9.72. The third kappa shape index (κ3) is 2.69. The van der Waals surface area contributed by atoms with Crippen molar-refractivity contribution in [2.24, 2.45) is 0 Å². The number of nitrogens with zero attached hydrogens (tertiary/aromatic N) is 2. The SMILES string of the molecule is COc1cccc([C@@H]2N(C(=O)c3c(C)noc3C)CC[C@]23C(=O)Nc2ccccc23)c1. The summed E-state index contributed by atoms with van der Waals surface area (Å²) in [6, 6.07) is 14.8. The van der Waals surface area contributed by atoms with E-state index in [0.29, 0.717) is 35.7 Å². The van der Waals surface area contributed by atoms with E-state index in [1.165, 1.54) is 0 Å². The second-order valence-electron chi connectivity index (χ2n) is 8.10. The first kappa shape index (κ1) is 19.4. The maximum absolute atomic E-state index is 13.7. The Morgan fingerprint density at radius 3 is 2.77 bits per heavy atom. The summed E-state index contributed by atoms with van der Waals surface area (Å²) >= 11 is 0. The van der Waals surface area contributed by atoms with Crippen LogP contribution in [0.25, 0.3) is 0 Å². The van der Waals surface area contributed by atoms with Gasteiger partial charge < -0.3 is 19.5 Å². The number of amides is 2. The molecular weight excluding hydrogens is 394 g/mol. The molecule has 1 spiro atoms. The van der Waals surface area contributed by atoms with Crippen LogP contribution in [0.4, 0.5) is 5.69 Å². The minimum atomic E-state index is -0.877. The van der Waals surface area contributed by atoms with Gasteiger partial charge in [-0.2, -0.15) is 0 Å². The fourth-order valence-corrected chi connectivity index (χ4v) is 5.11. The predicted molar refractivity (Wildman–Crippen MR) is 114 cm³/mol. The van der Waals surface area contributed by atoms with Gasteiger partial charge in [-0.05, 0) is 49.6 Å². The van der Waals surface area contributed by atoms with Gasteiger partial charge >= 0.3 is 0 Å². The van der Waals surface area contributed by atoms with Crippen molar-refractivity contribution >= 4 is 17.5 Å². The van der Waals surface area contributed by atoms with Crippen molar-refractivity contribution in [3.63, 3.8) is 0 Å². The lowest BCUT2D eigenvalue weighted by Crippen LogP contribution is -2.42. The van der Waals surface area contributed by atoms with E-state index in [1.54, 1.807) is 25.9 Å². The molecule has 1 fully saturated rings. The van der Waals surface area contributed by atoms with Crippen molar-refractivity contribution in [2.45, 2.75) is 31.7 Å². The minimum absolute atomic E-state index is 0.0874. The van der Waals surface area contributed by atoms with Crippen molar-refractivity contribution in [1.82, 2.24) is 10.1 Å². The van der Waals surface area contributed by atoms with Crippen LogP contribution < -0.4 is 10.1 Å². The summed E-state index contributed by atoms with van der Waals surface area (Å²) in [6.45, 7) is 3.93. The average Bonchev–Trinajstić information content (AvgIpc) is 3.43. The number of fused-ring (bicyclic) bond motifs is 2. The van der Waals surface area contributed by atoms with Crippen LogP contribution in [0, 0.1) is 13.8 Å². The first-order chi connectivity index (χ1) is 15.0. The van der Waals surface area contributed by atoms with E-state index in [2.05, 4.69) is 10.5 Å². The summed E-state index contributed by atoms with van der Waals surface area (Å²) < 4.78 is 10.7. The number of likely N-dealkylation sites (tertiary alicyclic amines) is 1. The number of hydrogen-bond acceptors (Lipinski definition) is 5. The predicted octanol–water partition coefficient (Wildman–Crippen LogP) is 3.78. The molecule has 1 aromatic heterocycles. The van der Waals surface area contributed by atoms with E-state index in [9.17, 15) is 9.59 Å². The van der Waals surface area contributed by atoms with Crippen molar-refractivity contribution in [2.75, 3.05) is 19.0 Å². The summed E-state index contributed by atoms with van der Waals surface area (Å²) in [5.41, 5.74) is 2.69.